The minimum absolute atomic E-state index is 0.220. The minimum Gasteiger partial charge on any atom is -0.494 e. The van der Waals surface area contributed by atoms with Gasteiger partial charge in [-0.05, 0) is 44.9 Å². The van der Waals surface area contributed by atoms with Crippen molar-refractivity contribution >= 4 is 59.9 Å². The number of nitrogen functional groups attached to an aromatic ring is 1. The van der Waals surface area contributed by atoms with Gasteiger partial charge in [-0.15, -0.1) is 0 Å². The first-order valence-corrected chi connectivity index (χ1v) is 8.71. The van der Waals surface area contributed by atoms with Gasteiger partial charge in [0.15, 0.2) is 0 Å². The molecule has 0 aliphatic carbocycles. The predicted octanol–water partition coefficient (Wildman–Crippen LogP) is 5.21. The normalized spacial score (nSPS) is 10.6. The number of anilines is 2. The lowest BCUT2D eigenvalue weighted by molar-refractivity contribution is 0.102. The maximum Gasteiger partial charge on any atom is 0.256 e. The summed E-state index contributed by atoms with van der Waals surface area (Å²) in [4.78, 5) is 12.8. The maximum absolute atomic E-state index is 12.8. The van der Waals surface area contributed by atoms with E-state index >= 15 is 0 Å². The molecule has 0 aliphatic rings. The zero-order valence-electron chi connectivity index (χ0n) is 12.8. The summed E-state index contributed by atoms with van der Waals surface area (Å²) in [7, 11) is 1.53. The molecule has 24 heavy (non-hydrogen) atoms. The molecule has 0 radical (unpaired) electrons. The molecule has 3 N–H and O–H groups in total. The third-order valence-corrected chi connectivity index (χ3v) is 4.97. The van der Waals surface area contributed by atoms with Gasteiger partial charge in [-0.3, -0.25) is 4.79 Å². The van der Waals surface area contributed by atoms with Crippen molar-refractivity contribution in [1.82, 2.24) is 0 Å². The molecule has 0 heterocycles. The van der Waals surface area contributed by atoms with Gasteiger partial charge in [-0.1, -0.05) is 40.2 Å². The van der Waals surface area contributed by atoms with Crippen molar-refractivity contribution in [2.75, 3.05) is 18.2 Å². The van der Waals surface area contributed by atoms with E-state index in [1.54, 1.807) is 18.2 Å². The second-order valence-electron chi connectivity index (χ2n) is 5.17. The topological polar surface area (TPSA) is 64.3 Å². The fourth-order valence-electron chi connectivity index (χ4n) is 2.53. The van der Waals surface area contributed by atoms with E-state index in [9.17, 15) is 4.79 Å². The van der Waals surface area contributed by atoms with Gasteiger partial charge >= 0.3 is 0 Å². The number of amides is 1. The maximum atomic E-state index is 12.8. The number of benzene rings is 3. The number of hydrogen-bond donors (Lipinski definition) is 2. The Bertz CT molecular complexity index is 942. The number of rotatable bonds is 3. The number of ether oxygens (including phenoxy) is 1. The summed E-state index contributed by atoms with van der Waals surface area (Å²) in [5.41, 5.74) is 7.48. The van der Waals surface area contributed by atoms with E-state index in [-0.39, 0.29) is 5.91 Å². The van der Waals surface area contributed by atoms with Crippen molar-refractivity contribution in [3.05, 3.63) is 63.0 Å². The van der Waals surface area contributed by atoms with Gasteiger partial charge in [0, 0.05) is 26.3 Å². The van der Waals surface area contributed by atoms with Crippen LogP contribution in [0.5, 0.6) is 5.75 Å². The highest BCUT2D eigenvalue weighted by Gasteiger charge is 2.16. The van der Waals surface area contributed by atoms with Gasteiger partial charge in [0.2, 0.25) is 0 Å². The van der Waals surface area contributed by atoms with E-state index < -0.39 is 0 Å². The van der Waals surface area contributed by atoms with E-state index in [2.05, 4.69) is 37.2 Å². The third-order valence-electron chi connectivity index (χ3n) is 3.65. The molecule has 0 unspecified atom stereocenters. The van der Waals surface area contributed by atoms with Gasteiger partial charge in [0.1, 0.15) is 5.75 Å². The van der Waals surface area contributed by atoms with Crippen molar-refractivity contribution in [1.29, 1.82) is 0 Å². The van der Waals surface area contributed by atoms with Crippen LogP contribution in [-0.4, -0.2) is 13.0 Å². The first-order chi connectivity index (χ1) is 11.5. The Morgan fingerprint density at radius 3 is 2.50 bits per heavy atom. The van der Waals surface area contributed by atoms with Crippen molar-refractivity contribution in [3.8, 4) is 5.75 Å². The minimum atomic E-state index is -0.220. The second kappa shape index (κ2) is 6.83. The summed E-state index contributed by atoms with van der Waals surface area (Å²) in [5.74, 6) is 0.277. The lowest BCUT2D eigenvalue weighted by Crippen LogP contribution is -2.14. The first-order valence-electron chi connectivity index (χ1n) is 7.13. The highest BCUT2D eigenvalue weighted by Crippen LogP contribution is 2.36. The zero-order valence-corrected chi connectivity index (χ0v) is 15.9. The molecule has 0 saturated carbocycles. The van der Waals surface area contributed by atoms with E-state index in [4.69, 9.17) is 10.5 Å². The molecular weight excluding hydrogens is 436 g/mol. The fourth-order valence-corrected chi connectivity index (χ4v) is 3.59. The standard InChI is InChI=1S/C18H14Br2N2O2/c1-24-16-9-10(21)8-15(20)17(16)22-18(23)13-6-2-5-12-11(13)4-3-7-14(12)19/h2-9H,21H2,1H3,(H,22,23). The molecule has 0 fully saturated rings. The largest absolute Gasteiger partial charge is 0.494 e. The highest BCUT2D eigenvalue weighted by atomic mass is 79.9. The van der Waals surface area contributed by atoms with Crippen molar-refractivity contribution in [3.63, 3.8) is 0 Å². The number of hydrogen-bond acceptors (Lipinski definition) is 3. The van der Waals surface area contributed by atoms with Crippen molar-refractivity contribution in [2.45, 2.75) is 0 Å². The van der Waals surface area contributed by atoms with Gasteiger partial charge in [0.25, 0.3) is 5.91 Å². The summed E-state index contributed by atoms with van der Waals surface area (Å²) in [6, 6.07) is 14.8. The third kappa shape index (κ3) is 3.12. The van der Waals surface area contributed by atoms with Crippen LogP contribution in [0, 0.1) is 0 Å². The molecule has 0 aliphatic heterocycles. The molecule has 0 atom stereocenters. The summed E-state index contributed by atoms with van der Waals surface area (Å²) in [6.45, 7) is 0. The second-order valence-corrected chi connectivity index (χ2v) is 6.88. The van der Waals surface area contributed by atoms with Gasteiger partial charge in [-0.2, -0.15) is 0 Å². The van der Waals surface area contributed by atoms with Crippen LogP contribution < -0.4 is 15.8 Å². The van der Waals surface area contributed by atoms with E-state index in [0.29, 0.717) is 27.2 Å². The molecule has 3 aromatic rings. The number of nitrogens with two attached hydrogens (primary N) is 1. The van der Waals surface area contributed by atoms with Gasteiger partial charge < -0.3 is 15.8 Å². The van der Waals surface area contributed by atoms with Crippen molar-refractivity contribution in [2.24, 2.45) is 0 Å². The Labute approximate surface area is 156 Å². The lowest BCUT2D eigenvalue weighted by atomic mass is 10.0. The average molecular weight is 450 g/mol. The van der Waals surface area contributed by atoms with Crippen LogP contribution >= 0.6 is 31.9 Å². The number of nitrogens with one attached hydrogen (secondary N) is 1. The summed E-state index contributed by atoms with van der Waals surface area (Å²) < 4.78 is 6.92. The van der Waals surface area contributed by atoms with Gasteiger partial charge in [0.05, 0.1) is 12.8 Å². The Hall–Kier alpha value is -2.05. The smallest absolute Gasteiger partial charge is 0.256 e. The molecule has 3 aromatic carbocycles. The van der Waals surface area contributed by atoms with Crippen LogP contribution in [0.2, 0.25) is 0 Å². The molecule has 0 saturated heterocycles. The molecule has 6 heteroatoms. The number of carbonyl (C=O) groups excluding carboxylic acids is 1. The number of fused-ring (bicyclic) bond motifs is 1. The quantitative estimate of drug-likeness (QED) is 0.539. The molecule has 3 rings (SSSR count). The SMILES string of the molecule is COc1cc(N)cc(Br)c1NC(=O)c1cccc2c(Br)cccc12. The molecule has 0 aromatic heterocycles. The molecule has 0 spiro atoms. The zero-order chi connectivity index (χ0) is 17.3. The monoisotopic (exact) mass is 448 g/mol. The molecule has 1 amide bonds. The Morgan fingerprint density at radius 2 is 1.75 bits per heavy atom. The van der Waals surface area contributed by atoms with E-state index in [1.165, 1.54) is 7.11 Å². The van der Waals surface area contributed by atoms with E-state index in [1.807, 2.05) is 30.3 Å². The van der Waals surface area contributed by atoms with Crippen molar-refractivity contribution < 1.29 is 9.53 Å². The highest BCUT2D eigenvalue weighted by molar-refractivity contribution is 9.11. The van der Waals surface area contributed by atoms with Crippen LogP contribution in [0.15, 0.2) is 57.5 Å². The average Bonchev–Trinajstić information content (AvgIpc) is 2.56. The van der Waals surface area contributed by atoms with Crippen LogP contribution in [0.25, 0.3) is 10.8 Å². The van der Waals surface area contributed by atoms with Crippen LogP contribution in [-0.2, 0) is 0 Å². The lowest BCUT2D eigenvalue weighted by Gasteiger charge is -2.14. The summed E-state index contributed by atoms with van der Waals surface area (Å²) in [6.07, 6.45) is 0. The summed E-state index contributed by atoms with van der Waals surface area (Å²) in [5, 5.41) is 4.75. The van der Waals surface area contributed by atoms with Crippen LogP contribution in [0.3, 0.4) is 0 Å². The predicted molar refractivity (Wildman–Crippen MR) is 105 cm³/mol. The van der Waals surface area contributed by atoms with E-state index in [0.717, 1.165) is 15.2 Å². The number of carbonyl (C=O) groups is 1. The first kappa shape index (κ1) is 16.8. The number of methoxy groups -OCH3 is 1. The fraction of sp³-hybridized carbons (Fsp3) is 0.0556. The van der Waals surface area contributed by atoms with Crippen LogP contribution in [0.1, 0.15) is 10.4 Å². The Kier molecular flexibility index (Phi) is 4.78. The Morgan fingerprint density at radius 1 is 1.04 bits per heavy atom. The number of halogens is 2. The molecule has 122 valence electrons. The van der Waals surface area contributed by atoms with Gasteiger partial charge in [-0.25, -0.2) is 0 Å². The Balaban J connectivity index is 2.05. The summed E-state index contributed by atoms with van der Waals surface area (Å²) >= 11 is 6.94. The van der Waals surface area contributed by atoms with Crippen LogP contribution in [0.4, 0.5) is 11.4 Å². The molecule has 4 nitrogen and oxygen atoms in total. The molecular formula is C18H14Br2N2O2. The molecule has 0 bridgehead atoms.